The molecular weight excluding hydrogens is 309 g/mol. The van der Waals surface area contributed by atoms with Gasteiger partial charge in [0.15, 0.2) is 0 Å². The highest BCUT2D eigenvalue weighted by Gasteiger charge is 2.48. The summed E-state index contributed by atoms with van der Waals surface area (Å²) in [5, 5.41) is 0. The van der Waals surface area contributed by atoms with E-state index < -0.39 is 0 Å². The maximum absolute atomic E-state index is 13.0. The second-order valence-corrected chi connectivity index (χ2v) is 6.58. The Hall–Kier alpha value is -2.05. The van der Waals surface area contributed by atoms with Gasteiger partial charge in [-0.15, -0.1) is 0 Å². The summed E-state index contributed by atoms with van der Waals surface area (Å²) in [6.45, 7) is 3.28. The molecule has 1 atom stereocenters. The minimum Gasteiger partial charge on any atom is -0.473 e. The van der Waals surface area contributed by atoms with Crippen LogP contribution in [0.5, 0.6) is 5.88 Å². The Balaban J connectivity index is 1.31. The van der Waals surface area contributed by atoms with E-state index in [0.29, 0.717) is 12.5 Å². The van der Waals surface area contributed by atoms with Crippen LogP contribution in [0.1, 0.15) is 18.4 Å². The number of benzene rings is 1. The summed E-state index contributed by atoms with van der Waals surface area (Å²) in [4.78, 5) is 10.5. The average Bonchev–Trinajstić information content (AvgIpc) is 2.57. The van der Waals surface area contributed by atoms with Crippen molar-refractivity contribution < 1.29 is 13.9 Å². The number of hydrogen-bond donors (Lipinski definition) is 0. The van der Waals surface area contributed by atoms with E-state index in [4.69, 9.17) is 9.47 Å². The topological polar surface area (TPSA) is 47.5 Å². The number of halogens is 1. The molecule has 1 spiro atoms. The Morgan fingerprint density at radius 3 is 2.83 bits per heavy atom. The molecule has 2 fully saturated rings. The smallest absolute Gasteiger partial charge is 0.232 e. The van der Waals surface area contributed by atoms with Crippen LogP contribution in [-0.2, 0) is 11.3 Å². The average molecular weight is 329 g/mol. The molecule has 5 nitrogen and oxygen atoms in total. The van der Waals surface area contributed by atoms with E-state index in [1.165, 1.54) is 12.1 Å². The van der Waals surface area contributed by atoms with Crippen molar-refractivity contribution in [1.82, 2.24) is 14.9 Å². The summed E-state index contributed by atoms with van der Waals surface area (Å²) in [5.74, 6) is 0.375. The Kier molecular flexibility index (Phi) is 4.16. The van der Waals surface area contributed by atoms with E-state index in [2.05, 4.69) is 14.9 Å². The van der Waals surface area contributed by atoms with Crippen LogP contribution in [0.25, 0.3) is 0 Å². The van der Waals surface area contributed by atoms with Crippen LogP contribution in [-0.4, -0.2) is 46.3 Å². The minimum atomic E-state index is -0.196. The molecule has 4 rings (SSSR count). The van der Waals surface area contributed by atoms with Crippen molar-refractivity contribution in [2.45, 2.75) is 31.1 Å². The molecule has 2 saturated heterocycles. The minimum absolute atomic E-state index is 0.114. The molecule has 0 saturated carbocycles. The largest absolute Gasteiger partial charge is 0.473 e. The van der Waals surface area contributed by atoms with Gasteiger partial charge in [-0.2, -0.15) is 0 Å². The third-order valence-corrected chi connectivity index (χ3v) is 4.62. The zero-order chi connectivity index (χ0) is 16.4. The lowest BCUT2D eigenvalue weighted by Crippen LogP contribution is -2.65. The maximum Gasteiger partial charge on any atom is 0.232 e. The molecule has 0 N–H and O–H groups in total. The van der Waals surface area contributed by atoms with Crippen LogP contribution in [0, 0.1) is 5.82 Å². The van der Waals surface area contributed by atoms with E-state index in [0.717, 1.165) is 38.0 Å². The van der Waals surface area contributed by atoms with Gasteiger partial charge in [0.2, 0.25) is 5.88 Å². The number of hydrogen-bond acceptors (Lipinski definition) is 5. The van der Waals surface area contributed by atoms with Gasteiger partial charge in [0, 0.05) is 44.9 Å². The van der Waals surface area contributed by atoms with Gasteiger partial charge in [0.25, 0.3) is 0 Å². The van der Waals surface area contributed by atoms with Gasteiger partial charge in [0.05, 0.1) is 18.4 Å². The summed E-state index contributed by atoms with van der Waals surface area (Å²) in [6, 6.07) is 6.68. The van der Waals surface area contributed by atoms with E-state index in [1.807, 2.05) is 12.1 Å². The Bertz CT molecular complexity index is 674. The summed E-state index contributed by atoms with van der Waals surface area (Å²) >= 11 is 0. The highest BCUT2D eigenvalue weighted by Crippen LogP contribution is 2.36. The van der Waals surface area contributed by atoms with Crippen molar-refractivity contribution in [3.8, 4) is 5.88 Å². The van der Waals surface area contributed by atoms with Crippen LogP contribution in [0.15, 0.2) is 42.9 Å². The standard InChI is InChI=1S/C18H20FN3O2/c19-15-3-1-14(2-4-15)11-22-12-18(13-22)9-16(5-8-23-18)24-17-10-20-6-7-21-17/h1-4,6-7,10,16H,5,8-9,11-13H2. The monoisotopic (exact) mass is 329 g/mol. The van der Waals surface area contributed by atoms with Gasteiger partial charge in [-0.05, 0) is 17.7 Å². The SMILES string of the molecule is Fc1ccc(CN2CC3(CC(Oc4cnccn4)CCO3)C2)cc1. The van der Waals surface area contributed by atoms with Gasteiger partial charge >= 0.3 is 0 Å². The van der Waals surface area contributed by atoms with Crippen LogP contribution >= 0.6 is 0 Å². The first kappa shape index (κ1) is 15.5. The van der Waals surface area contributed by atoms with Crippen molar-refractivity contribution in [3.05, 3.63) is 54.2 Å². The number of rotatable bonds is 4. The van der Waals surface area contributed by atoms with Gasteiger partial charge in [0.1, 0.15) is 11.9 Å². The van der Waals surface area contributed by atoms with Crippen molar-refractivity contribution in [2.75, 3.05) is 19.7 Å². The van der Waals surface area contributed by atoms with Crippen molar-refractivity contribution in [2.24, 2.45) is 0 Å². The molecule has 2 aliphatic rings. The molecule has 0 bridgehead atoms. The predicted octanol–water partition coefficient (Wildman–Crippen LogP) is 2.43. The van der Waals surface area contributed by atoms with Crippen LogP contribution in [0.3, 0.4) is 0 Å². The van der Waals surface area contributed by atoms with Crippen molar-refractivity contribution in [1.29, 1.82) is 0 Å². The van der Waals surface area contributed by atoms with Crippen molar-refractivity contribution in [3.63, 3.8) is 0 Å². The zero-order valence-corrected chi connectivity index (χ0v) is 13.4. The van der Waals surface area contributed by atoms with E-state index >= 15 is 0 Å². The highest BCUT2D eigenvalue weighted by molar-refractivity contribution is 5.17. The van der Waals surface area contributed by atoms with Gasteiger partial charge in [-0.1, -0.05) is 12.1 Å². The Labute approximate surface area is 140 Å². The van der Waals surface area contributed by atoms with Gasteiger partial charge < -0.3 is 9.47 Å². The fraction of sp³-hybridized carbons (Fsp3) is 0.444. The summed E-state index contributed by atoms with van der Waals surface area (Å²) in [7, 11) is 0. The molecule has 1 unspecified atom stereocenters. The normalized spacial score (nSPS) is 23.0. The molecule has 126 valence electrons. The number of aromatic nitrogens is 2. The molecule has 2 aromatic rings. The fourth-order valence-electron chi connectivity index (χ4n) is 3.55. The quantitative estimate of drug-likeness (QED) is 0.862. The number of nitrogens with zero attached hydrogens (tertiary/aromatic N) is 3. The molecule has 6 heteroatoms. The number of ether oxygens (including phenoxy) is 2. The summed E-state index contributed by atoms with van der Waals surface area (Å²) in [5.41, 5.74) is 1.000. The van der Waals surface area contributed by atoms with E-state index in [1.54, 1.807) is 18.6 Å². The molecule has 1 aromatic heterocycles. The lowest BCUT2D eigenvalue weighted by atomic mass is 9.84. The predicted molar refractivity (Wildman–Crippen MR) is 86.0 cm³/mol. The molecule has 1 aromatic carbocycles. The third kappa shape index (κ3) is 3.39. The zero-order valence-electron chi connectivity index (χ0n) is 13.4. The first-order chi connectivity index (χ1) is 11.7. The molecular formula is C18H20FN3O2. The molecule has 0 amide bonds. The molecule has 2 aliphatic heterocycles. The first-order valence-electron chi connectivity index (χ1n) is 8.24. The Morgan fingerprint density at radius 2 is 2.08 bits per heavy atom. The Morgan fingerprint density at radius 1 is 1.25 bits per heavy atom. The lowest BCUT2D eigenvalue weighted by Gasteiger charge is -2.53. The second-order valence-electron chi connectivity index (χ2n) is 6.58. The summed E-state index contributed by atoms with van der Waals surface area (Å²) < 4.78 is 24.9. The maximum atomic E-state index is 13.0. The molecule has 0 radical (unpaired) electrons. The van der Waals surface area contributed by atoms with Crippen LogP contribution in [0.4, 0.5) is 4.39 Å². The van der Waals surface area contributed by atoms with Crippen molar-refractivity contribution >= 4 is 0 Å². The van der Waals surface area contributed by atoms with E-state index in [9.17, 15) is 4.39 Å². The lowest BCUT2D eigenvalue weighted by molar-refractivity contribution is -0.188. The van der Waals surface area contributed by atoms with Crippen LogP contribution < -0.4 is 4.74 Å². The summed E-state index contributed by atoms with van der Waals surface area (Å²) in [6.07, 6.45) is 6.77. The second kappa shape index (κ2) is 6.45. The van der Waals surface area contributed by atoms with Gasteiger partial charge in [-0.3, -0.25) is 9.88 Å². The fourth-order valence-corrected chi connectivity index (χ4v) is 3.55. The van der Waals surface area contributed by atoms with Gasteiger partial charge in [-0.25, -0.2) is 9.37 Å². The first-order valence-corrected chi connectivity index (χ1v) is 8.24. The number of likely N-dealkylation sites (tertiary alicyclic amines) is 1. The van der Waals surface area contributed by atoms with E-state index in [-0.39, 0.29) is 17.5 Å². The molecule has 24 heavy (non-hydrogen) atoms. The molecule has 0 aliphatic carbocycles. The molecule has 3 heterocycles. The van der Waals surface area contributed by atoms with Crippen LogP contribution in [0.2, 0.25) is 0 Å². The third-order valence-electron chi connectivity index (χ3n) is 4.62. The highest BCUT2D eigenvalue weighted by atomic mass is 19.1.